The molecule has 0 radical (unpaired) electrons. The molecule has 1 amide bonds. The Morgan fingerprint density at radius 2 is 2.22 bits per heavy atom. The third-order valence-electron chi connectivity index (χ3n) is 4.52. The lowest BCUT2D eigenvalue weighted by atomic mass is 9.93. The molecule has 0 bridgehead atoms. The van der Waals surface area contributed by atoms with Gasteiger partial charge in [-0.3, -0.25) is 4.98 Å². The van der Waals surface area contributed by atoms with Crippen molar-refractivity contribution in [1.29, 1.82) is 0 Å². The minimum absolute atomic E-state index is 0.0213. The van der Waals surface area contributed by atoms with Crippen LogP contribution in [0.1, 0.15) is 29.8 Å². The number of amides is 1. The molecule has 1 aromatic heterocycles. The molecule has 1 aliphatic heterocycles. The number of carbonyl (C=O) groups excluding carboxylic acids is 1. The van der Waals surface area contributed by atoms with E-state index in [1.54, 1.807) is 12.1 Å². The smallest absolute Gasteiger partial charge is 0.407 e. The highest BCUT2D eigenvalue weighted by Gasteiger charge is 2.30. The fourth-order valence-electron chi connectivity index (χ4n) is 3.11. The maximum Gasteiger partial charge on any atom is 0.407 e. The number of carbonyl (C=O) groups is 1. The maximum atomic E-state index is 11.4. The van der Waals surface area contributed by atoms with Crippen molar-refractivity contribution in [1.82, 2.24) is 9.88 Å². The molecule has 1 unspecified atom stereocenters. The Labute approximate surface area is 169 Å². The van der Waals surface area contributed by atoms with Crippen molar-refractivity contribution in [3.8, 4) is 5.75 Å². The van der Waals surface area contributed by atoms with Crippen molar-refractivity contribution < 1.29 is 19.4 Å². The molecule has 0 spiro atoms. The lowest BCUT2D eigenvalue weighted by molar-refractivity contribution is 0.124. The van der Waals surface area contributed by atoms with Gasteiger partial charge in [-0.25, -0.2) is 9.59 Å². The molecule has 2 heterocycles. The molecule has 1 aromatic carbocycles. The molecule has 0 saturated heterocycles. The zero-order valence-corrected chi connectivity index (χ0v) is 16.7. The second-order valence-electron chi connectivity index (χ2n) is 6.08. The number of hydrogen-bond acceptors (Lipinski definition) is 4. The molecule has 3 rings (SSSR count). The highest BCUT2D eigenvalue weighted by atomic mass is 79.9. The van der Waals surface area contributed by atoms with E-state index in [0.717, 1.165) is 11.1 Å². The van der Waals surface area contributed by atoms with Crippen LogP contribution in [0, 0.1) is 0 Å². The number of fused-ring (bicyclic) bond motifs is 1. The van der Waals surface area contributed by atoms with E-state index < -0.39 is 6.09 Å². The Morgan fingerprint density at radius 1 is 1.44 bits per heavy atom. The Hall–Kier alpha value is -2.34. The molecule has 1 N–H and O–H groups in total. The van der Waals surface area contributed by atoms with Gasteiger partial charge in [-0.1, -0.05) is 17.7 Å². The molecule has 0 saturated carbocycles. The number of nitrogens with zero attached hydrogens (tertiary/aromatic N) is 2. The maximum absolute atomic E-state index is 11.4. The number of pyridine rings is 1. The van der Waals surface area contributed by atoms with Gasteiger partial charge in [0.15, 0.2) is 0 Å². The monoisotopic (exact) mass is 450 g/mol. The van der Waals surface area contributed by atoms with Gasteiger partial charge < -0.3 is 14.7 Å². The predicted octanol–water partition coefficient (Wildman–Crippen LogP) is 4.39. The first kappa shape index (κ1) is 19.4. The first-order valence-corrected chi connectivity index (χ1v) is 9.39. The van der Waals surface area contributed by atoms with E-state index in [-0.39, 0.29) is 18.2 Å². The highest BCUT2D eigenvalue weighted by Crippen LogP contribution is 2.40. The summed E-state index contributed by atoms with van der Waals surface area (Å²) in [4.78, 5) is 28.2. The van der Waals surface area contributed by atoms with Gasteiger partial charge in [-0.2, -0.15) is 0 Å². The van der Waals surface area contributed by atoms with Gasteiger partial charge in [-0.05, 0) is 58.6 Å². The standard InChI is InChI=1S/C19H16BrClN2O4/c1-11-17-12(6-7-23(11)19(25)26)2-5-16(18(17)20)27-10-13(9-24)15-4-3-14(21)8-22-15/h2-5,8,11H,6-7,10H2,1H3,(H,25,26). The van der Waals surface area contributed by atoms with E-state index in [1.165, 1.54) is 11.1 Å². The van der Waals surface area contributed by atoms with E-state index in [9.17, 15) is 14.7 Å². The summed E-state index contributed by atoms with van der Waals surface area (Å²) in [6.45, 7) is 2.28. The number of carboxylic acid groups (broad SMARTS) is 1. The minimum Gasteiger partial charge on any atom is -0.487 e. The second-order valence-corrected chi connectivity index (χ2v) is 7.31. The Morgan fingerprint density at radius 3 is 2.85 bits per heavy atom. The largest absolute Gasteiger partial charge is 0.487 e. The minimum atomic E-state index is -0.952. The normalized spacial score (nSPS) is 15.7. The van der Waals surface area contributed by atoms with Gasteiger partial charge in [0.2, 0.25) is 0 Å². The quantitative estimate of drug-likeness (QED) is 0.698. The summed E-state index contributed by atoms with van der Waals surface area (Å²) in [6, 6.07) is 6.70. The molecular formula is C19H16BrClN2O4. The second kappa shape index (κ2) is 8.13. The van der Waals surface area contributed by atoms with Crippen LogP contribution in [0.2, 0.25) is 5.02 Å². The highest BCUT2D eigenvalue weighted by molar-refractivity contribution is 9.10. The van der Waals surface area contributed by atoms with Crippen molar-refractivity contribution in [2.45, 2.75) is 19.4 Å². The topological polar surface area (TPSA) is 79.7 Å². The van der Waals surface area contributed by atoms with Crippen LogP contribution >= 0.6 is 27.5 Å². The van der Waals surface area contributed by atoms with Gasteiger partial charge in [-0.15, -0.1) is 0 Å². The zero-order chi connectivity index (χ0) is 19.6. The van der Waals surface area contributed by atoms with E-state index in [4.69, 9.17) is 16.3 Å². The number of hydrogen-bond donors (Lipinski definition) is 1. The lowest BCUT2D eigenvalue weighted by Gasteiger charge is -2.34. The van der Waals surface area contributed by atoms with Crippen molar-refractivity contribution in [3.05, 3.63) is 56.8 Å². The summed E-state index contributed by atoms with van der Waals surface area (Å²) in [6.07, 6.45) is 1.14. The summed E-state index contributed by atoms with van der Waals surface area (Å²) in [7, 11) is 0. The summed E-state index contributed by atoms with van der Waals surface area (Å²) in [5.74, 6) is 2.38. The molecule has 1 atom stereocenters. The van der Waals surface area contributed by atoms with Crippen LogP contribution in [0.3, 0.4) is 0 Å². The van der Waals surface area contributed by atoms with Crippen LogP contribution < -0.4 is 4.74 Å². The summed E-state index contributed by atoms with van der Waals surface area (Å²) in [5, 5.41) is 9.84. The first-order chi connectivity index (χ1) is 12.9. The number of ether oxygens (including phenoxy) is 1. The van der Waals surface area contributed by atoms with Gasteiger partial charge in [0.1, 0.15) is 18.3 Å². The van der Waals surface area contributed by atoms with Gasteiger partial charge >= 0.3 is 6.09 Å². The fourth-order valence-corrected chi connectivity index (χ4v) is 4.05. The Kier molecular flexibility index (Phi) is 5.85. The number of benzene rings is 1. The third kappa shape index (κ3) is 4.00. The number of aromatic nitrogens is 1. The molecule has 1 aliphatic rings. The van der Waals surface area contributed by atoms with E-state index in [1.807, 2.05) is 25.0 Å². The average Bonchev–Trinajstić information content (AvgIpc) is 2.65. The van der Waals surface area contributed by atoms with Gasteiger partial charge in [0, 0.05) is 12.7 Å². The molecule has 2 aromatic rings. The summed E-state index contributed by atoms with van der Waals surface area (Å²) in [5.41, 5.74) is 2.65. The van der Waals surface area contributed by atoms with Crippen LogP contribution in [-0.4, -0.2) is 40.2 Å². The van der Waals surface area contributed by atoms with E-state index >= 15 is 0 Å². The van der Waals surface area contributed by atoms with E-state index in [0.29, 0.717) is 33.9 Å². The van der Waals surface area contributed by atoms with Crippen LogP contribution in [0.25, 0.3) is 5.57 Å². The van der Waals surface area contributed by atoms with Crippen molar-refractivity contribution >= 4 is 45.1 Å². The third-order valence-corrected chi connectivity index (χ3v) is 5.56. The van der Waals surface area contributed by atoms with Crippen molar-refractivity contribution in [2.75, 3.05) is 13.2 Å². The SMILES string of the molecule is CC1c2c(ccc(OCC(=C=O)c3ccc(Cl)cn3)c2Br)CCN1C(=O)O. The lowest BCUT2D eigenvalue weighted by Crippen LogP contribution is -2.38. The predicted molar refractivity (Wildman–Crippen MR) is 105 cm³/mol. The Bertz CT molecular complexity index is 926. The van der Waals surface area contributed by atoms with Crippen LogP contribution in [0.5, 0.6) is 5.75 Å². The molecule has 0 aliphatic carbocycles. The van der Waals surface area contributed by atoms with Crippen molar-refractivity contribution in [3.63, 3.8) is 0 Å². The van der Waals surface area contributed by atoms with Crippen LogP contribution in [-0.2, 0) is 11.2 Å². The summed E-state index contributed by atoms with van der Waals surface area (Å²) >= 11 is 9.35. The van der Waals surface area contributed by atoms with Crippen LogP contribution in [0.15, 0.2) is 34.9 Å². The first-order valence-electron chi connectivity index (χ1n) is 8.22. The average molecular weight is 452 g/mol. The zero-order valence-electron chi connectivity index (χ0n) is 14.4. The molecule has 8 heteroatoms. The van der Waals surface area contributed by atoms with Gasteiger partial charge in [0.25, 0.3) is 0 Å². The van der Waals surface area contributed by atoms with Crippen molar-refractivity contribution in [2.24, 2.45) is 0 Å². The summed E-state index contributed by atoms with van der Waals surface area (Å²) < 4.78 is 6.49. The van der Waals surface area contributed by atoms with Gasteiger partial charge in [0.05, 0.1) is 26.8 Å². The molecule has 140 valence electrons. The number of rotatable bonds is 4. The fraction of sp³-hybridized carbons (Fsp3) is 0.263. The number of halogens is 2. The molecule has 27 heavy (non-hydrogen) atoms. The van der Waals surface area contributed by atoms with E-state index in [2.05, 4.69) is 20.9 Å². The molecule has 0 fully saturated rings. The van der Waals surface area contributed by atoms with Crippen LogP contribution in [0.4, 0.5) is 4.79 Å². The molecule has 6 nitrogen and oxygen atoms in total. The molecular weight excluding hydrogens is 436 g/mol. The Balaban J connectivity index is 1.83.